The van der Waals surface area contributed by atoms with Crippen LogP contribution in [0.4, 0.5) is 0 Å². The predicted molar refractivity (Wildman–Crippen MR) is 61.3 cm³/mol. The van der Waals surface area contributed by atoms with Crippen molar-refractivity contribution in [2.75, 3.05) is 0 Å². The van der Waals surface area contributed by atoms with Crippen LogP contribution in [-0.4, -0.2) is 18.3 Å². The Kier molecular flexibility index (Phi) is 6.11. The highest BCUT2D eigenvalue weighted by Crippen LogP contribution is 2.58. The Balaban J connectivity index is 0.000000262. The minimum Gasteiger partial charge on any atom is -0.321 e. The molecule has 0 amide bonds. The van der Waals surface area contributed by atoms with E-state index in [0.29, 0.717) is 0 Å². The van der Waals surface area contributed by atoms with E-state index < -0.39 is 11.1 Å². The molecule has 0 spiro atoms. The molecule has 1 rings (SSSR count). The summed E-state index contributed by atoms with van der Waals surface area (Å²) in [5.74, 6) is 0. The first-order valence-corrected chi connectivity index (χ1v) is 6.39. The van der Waals surface area contributed by atoms with Crippen molar-refractivity contribution < 1.29 is 14.4 Å². The van der Waals surface area contributed by atoms with E-state index in [9.17, 15) is 4.57 Å². The zero-order valence-corrected chi connectivity index (χ0v) is 10.8. The number of aromatic nitrogens is 1. The summed E-state index contributed by atoms with van der Waals surface area (Å²) in [6.07, 6.45) is 1.79. The smallest absolute Gasteiger partial charge is 0.321 e. The number of rotatable bonds is 0. The van der Waals surface area contributed by atoms with Gasteiger partial charge in [0.1, 0.15) is 0 Å². The van der Waals surface area contributed by atoms with Gasteiger partial charge in [0.25, 0.3) is 3.53 Å². The van der Waals surface area contributed by atoms with Gasteiger partial charge in [-0.25, -0.2) is 0 Å². The second kappa shape index (κ2) is 6.04. The minimum atomic E-state index is -4.55. The molecule has 0 saturated heterocycles. The zero-order valence-electron chi connectivity index (χ0n) is 7.64. The summed E-state index contributed by atoms with van der Waals surface area (Å²) in [5.41, 5.74) is 1.07. The Labute approximate surface area is 102 Å². The summed E-state index contributed by atoms with van der Waals surface area (Å²) >= 11 is 14.3. The van der Waals surface area contributed by atoms with Crippen LogP contribution in [0, 0.1) is 6.92 Å². The third-order valence-electron chi connectivity index (χ3n) is 1.14. The van der Waals surface area contributed by atoms with E-state index in [1.54, 1.807) is 6.20 Å². The molecule has 86 valence electrons. The molecule has 0 radical (unpaired) electrons. The molecule has 8 heteroatoms. The van der Waals surface area contributed by atoms with Gasteiger partial charge in [-0.1, -0.05) is 40.9 Å². The maximum absolute atomic E-state index is 9.95. The SMILES string of the molecule is Cc1ccccn1.O=P(O)(O)C(Cl)(Cl)Cl. The van der Waals surface area contributed by atoms with Crippen LogP contribution in [0.1, 0.15) is 5.69 Å². The molecule has 0 aromatic carbocycles. The average molecular weight is 292 g/mol. The minimum absolute atomic E-state index is 1.07. The summed E-state index contributed by atoms with van der Waals surface area (Å²) in [6.45, 7) is 1.97. The lowest BCUT2D eigenvalue weighted by atomic mass is 10.4. The lowest BCUT2D eigenvalue weighted by Crippen LogP contribution is -2.01. The largest absolute Gasteiger partial charge is 0.376 e. The fraction of sp³-hybridized carbons (Fsp3) is 0.286. The Bertz CT molecular complexity index is 335. The number of halogens is 3. The molecule has 2 N–H and O–H groups in total. The zero-order chi connectivity index (χ0) is 12.1. The summed E-state index contributed by atoms with van der Waals surface area (Å²) in [6, 6.07) is 5.86. The van der Waals surface area contributed by atoms with Gasteiger partial charge in [0.05, 0.1) is 0 Å². The van der Waals surface area contributed by atoms with E-state index in [-0.39, 0.29) is 0 Å². The van der Waals surface area contributed by atoms with Crippen molar-refractivity contribution in [2.45, 2.75) is 10.5 Å². The van der Waals surface area contributed by atoms with Crippen molar-refractivity contribution in [2.24, 2.45) is 0 Å². The van der Waals surface area contributed by atoms with Crippen LogP contribution in [0.5, 0.6) is 0 Å². The Morgan fingerprint density at radius 3 is 1.93 bits per heavy atom. The second-order valence-electron chi connectivity index (χ2n) is 2.48. The highest BCUT2D eigenvalue weighted by Gasteiger charge is 2.41. The maximum Gasteiger partial charge on any atom is 0.376 e. The summed E-state index contributed by atoms with van der Waals surface area (Å²) in [5, 5.41) is 0. The van der Waals surface area contributed by atoms with Crippen LogP contribution < -0.4 is 0 Å². The number of nitrogens with zero attached hydrogens (tertiary/aromatic N) is 1. The van der Waals surface area contributed by atoms with Crippen LogP contribution in [0.2, 0.25) is 0 Å². The van der Waals surface area contributed by atoms with Crippen molar-refractivity contribution in [1.82, 2.24) is 4.98 Å². The molecule has 1 aromatic rings. The molecule has 0 unspecified atom stereocenters. The van der Waals surface area contributed by atoms with Crippen molar-refractivity contribution in [3.8, 4) is 0 Å². The third-order valence-corrected chi connectivity index (χ3v) is 3.79. The molecule has 4 nitrogen and oxygen atoms in total. The van der Waals surface area contributed by atoms with Gasteiger partial charge in [0.15, 0.2) is 0 Å². The first-order valence-electron chi connectivity index (χ1n) is 3.64. The molecule has 1 heterocycles. The highest BCUT2D eigenvalue weighted by molar-refractivity contribution is 7.61. The second-order valence-corrected chi connectivity index (χ2v) is 7.31. The average Bonchev–Trinajstić information content (AvgIpc) is 2.02. The topological polar surface area (TPSA) is 70.4 Å². The van der Waals surface area contributed by atoms with E-state index >= 15 is 0 Å². The van der Waals surface area contributed by atoms with Gasteiger partial charge in [-0.05, 0) is 19.1 Å². The molecule has 0 aliphatic carbocycles. The van der Waals surface area contributed by atoms with E-state index in [2.05, 4.69) is 4.98 Å². The molecule has 0 fully saturated rings. The Hall–Kier alpha value is 0.170. The van der Waals surface area contributed by atoms with Crippen LogP contribution in [-0.2, 0) is 4.57 Å². The molecule has 0 aliphatic heterocycles. The Morgan fingerprint density at radius 1 is 1.33 bits per heavy atom. The predicted octanol–water partition coefficient (Wildman–Crippen LogP) is 2.88. The van der Waals surface area contributed by atoms with Crippen LogP contribution in [0.3, 0.4) is 0 Å². The monoisotopic (exact) mass is 291 g/mol. The van der Waals surface area contributed by atoms with Gasteiger partial charge in [-0.3, -0.25) is 9.55 Å². The van der Waals surface area contributed by atoms with E-state index in [0.717, 1.165) is 5.69 Å². The molecule has 0 aliphatic rings. The van der Waals surface area contributed by atoms with E-state index in [4.69, 9.17) is 44.6 Å². The van der Waals surface area contributed by atoms with Crippen LogP contribution >= 0.6 is 42.4 Å². The van der Waals surface area contributed by atoms with Crippen molar-refractivity contribution in [1.29, 1.82) is 0 Å². The molecule has 15 heavy (non-hydrogen) atoms. The Morgan fingerprint density at radius 2 is 1.80 bits per heavy atom. The number of alkyl halides is 3. The highest BCUT2D eigenvalue weighted by atomic mass is 35.6. The maximum atomic E-state index is 9.95. The standard InChI is InChI=1S/C6H7N.CH2Cl3O3P/c1-6-4-2-3-5-7-6;2-1(3,4)8(5,6)7/h2-5H,1H3;(H2,5,6,7). The molecular formula is C7H9Cl3NO3P. The molecular weight excluding hydrogens is 283 g/mol. The van der Waals surface area contributed by atoms with Gasteiger partial charge in [0.2, 0.25) is 0 Å². The fourth-order valence-electron chi connectivity index (χ4n) is 0.448. The first-order chi connectivity index (χ1) is 6.64. The number of hydrogen-bond donors (Lipinski definition) is 2. The third kappa shape index (κ3) is 7.12. The lowest BCUT2D eigenvalue weighted by Gasteiger charge is -2.10. The molecule has 0 saturated carbocycles. The van der Waals surface area contributed by atoms with Crippen molar-refractivity contribution >= 4 is 42.4 Å². The van der Waals surface area contributed by atoms with Gasteiger partial charge >= 0.3 is 7.60 Å². The number of pyridine rings is 1. The van der Waals surface area contributed by atoms with Gasteiger partial charge in [-0.15, -0.1) is 0 Å². The summed E-state index contributed by atoms with van der Waals surface area (Å²) < 4.78 is 7.47. The van der Waals surface area contributed by atoms with Gasteiger partial charge in [-0.2, -0.15) is 0 Å². The number of hydrogen-bond acceptors (Lipinski definition) is 2. The van der Waals surface area contributed by atoms with Gasteiger partial charge < -0.3 is 9.79 Å². The summed E-state index contributed by atoms with van der Waals surface area (Å²) in [4.78, 5) is 20.1. The van der Waals surface area contributed by atoms with Gasteiger partial charge in [0, 0.05) is 11.9 Å². The molecule has 0 bridgehead atoms. The fourth-order valence-corrected chi connectivity index (χ4v) is 0.448. The van der Waals surface area contributed by atoms with Crippen molar-refractivity contribution in [3.63, 3.8) is 0 Å². The van der Waals surface area contributed by atoms with E-state index in [1.165, 1.54) is 0 Å². The lowest BCUT2D eigenvalue weighted by molar-refractivity contribution is 0.373. The van der Waals surface area contributed by atoms with Crippen LogP contribution in [0.15, 0.2) is 24.4 Å². The summed E-state index contributed by atoms with van der Waals surface area (Å²) in [7, 11) is -4.55. The molecule has 0 atom stereocenters. The quantitative estimate of drug-likeness (QED) is 0.570. The van der Waals surface area contributed by atoms with Crippen molar-refractivity contribution in [3.05, 3.63) is 30.1 Å². The number of aryl methyl sites for hydroxylation is 1. The first kappa shape index (κ1) is 15.2. The van der Waals surface area contributed by atoms with Crippen LogP contribution in [0.25, 0.3) is 0 Å². The normalized spacial score (nSPS) is 11.6. The molecule has 1 aromatic heterocycles. The van der Waals surface area contributed by atoms with E-state index in [1.807, 2.05) is 25.1 Å².